The first kappa shape index (κ1) is 25.7. The normalized spacial score (nSPS) is 26.3. The van der Waals surface area contributed by atoms with Crippen molar-refractivity contribution in [2.45, 2.75) is 45.8 Å². The molecule has 0 N–H and O–H groups in total. The van der Waals surface area contributed by atoms with Crippen LogP contribution >= 0.6 is 35.3 Å². The van der Waals surface area contributed by atoms with Crippen molar-refractivity contribution < 1.29 is 17.6 Å². The Morgan fingerprint density at radius 2 is 1.59 bits per heavy atom. The maximum absolute atomic E-state index is 14.7. The number of alkyl halides is 2. The van der Waals surface area contributed by atoms with E-state index < -0.39 is 40.7 Å². The molecular formula is C27H17F4N3S3. The maximum atomic E-state index is 14.7. The Morgan fingerprint density at radius 3 is 2.16 bits per heavy atom. The van der Waals surface area contributed by atoms with Crippen molar-refractivity contribution in [2.75, 3.05) is 0 Å². The van der Waals surface area contributed by atoms with Gasteiger partial charge in [-0.3, -0.25) is 4.98 Å². The molecule has 0 saturated carbocycles. The van der Waals surface area contributed by atoms with Crippen molar-refractivity contribution in [1.29, 1.82) is 10.5 Å². The van der Waals surface area contributed by atoms with E-state index >= 15 is 0 Å². The number of thioether (sulfide) groups is 3. The third kappa shape index (κ3) is 4.31. The first-order valence-corrected chi connectivity index (χ1v) is 13.8. The van der Waals surface area contributed by atoms with E-state index in [1.807, 2.05) is 42.6 Å². The molecule has 3 unspecified atom stereocenters. The van der Waals surface area contributed by atoms with Crippen molar-refractivity contribution in [3.8, 4) is 12.1 Å². The molecule has 0 spiro atoms. The highest BCUT2D eigenvalue weighted by Gasteiger charge is 2.41. The summed E-state index contributed by atoms with van der Waals surface area (Å²) in [6.45, 7) is 4.15. The van der Waals surface area contributed by atoms with Gasteiger partial charge in [-0.1, -0.05) is 23.8 Å². The summed E-state index contributed by atoms with van der Waals surface area (Å²) >= 11 is 5.41. The topological polar surface area (TPSA) is 60.5 Å². The van der Waals surface area contributed by atoms with Crippen LogP contribution < -0.4 is 10.6 Å². The molecule has 2 aliphatic heterocycles. The third-order valence-corrected chi connectivity index (χ3v) is 11.4. The van der Waals surface area contributed by atoms with Crippen LogP contribution in [0.2, 0.25) is 0 Å². The smallest absolute Gasteiger partial charge is 0.176 e. The molecule has 3 atom stereocenters. The van der Waals surface area contributed by atoms with E-state index in [2.05, 4.69) is 24.0 Å². The van der Waals surface area contributed by atoms with Crippen LogP contribution in [0.3, 0.4) is 0 Å². The number of aromatic nitrogens is 1. The second kappa shape index (κ2) is 10.1. The second-order valence-corrected chi connectivity index (χ2v) is 12.3. The molecule has 3 aliphatic rings. The van der Waals surface area contributed by atoms with Gasteiger partial charge in [-0.2, -0.15) is 10.5 Å². The number of hydrogen-bond donors (Lipinski definition) is 0. The van der Waals surface area contributed by atoms with Crippen LogP contribution in [0.4, 0.5) is 17.6 Å². The Balaban J connectivity index is 1.52. The monoisotopic (exact) mass is 555 g/mol. The van der Waals surface area contributed by atoms with Gasteiger partial charge in [0.2, 0.25) is 0 Å². The lowest BCUT2D eigenvalue weighted by Crippen LogP contribution is -2.30. The molecule has 0 amide bonds. The number of halogens is 4. The largest absolute Gasteiger partial charge is 0.255 e. The lowest BCUT2D eigenvalue weighted by Gasteiger charge is -2.21. The molecule has 186 valence electrons. The Bertz CT molecular complexity index is 1580. The quantitative estimate of drug-likeness (QED) is 0.411. The van der Waals surface area contributed by atoms with Gasteiger partial charge in [-0.15, -0.1) is 35.3 Å². The van der Waals surface area contributed by atoms with Crippen molar-refractivity contribution >= 4 is 45.8 Å². The summed E-state index contributed by atoms with van der Waals surface area (Å²) in [6.07, 6.45) is -3.92. The van der Waals surface area contributed by atoms with Gasteiger partial charge in [0.1, 0.15) is 17.7 Å². The van der Waals surface area contributed by atoms with E-state index in [1.165, 1.54) is 27.6 Å². The van der Waals surface area contributed by atoms with Crippen LogP contribution in [0, 0.1) is 22.7 Å². The fraction of sp³-hybridized carbons (Fsp3) is 0.222. The summed E-state index contributed by atoms with van der Waals surface area (Å²) in [5.74, 6) is -3.56. The van der Waals surface area contributed by atoms with Crippen molar-refractivity contribution in [3.63, 3.8) is 0 Å². The fourth-order valence-corrected chi connectivity index (χ4v) is 9.27. The molecule has 5 rings (SSSR count). The Hall–Kier alpha value is -2.92. The molecule has 0 radical (unpaired) electrons. The Morgan fingerprint density at radius 1 is 0.919 bits per heavy atom. The first-order valence-electron chi connectivity index (χ1n) is 11.1. The molecule has 2 aromatic rings. The Labute approximate surface area is 223 Å². The van der Waals surface area contributed by atoms with Crippen molar-refractivity contribution in [3.05, 3.63) is 87.1 Å². The Kier molecular flexibility index (Phi) is 7.01. The molecule has 1 aliphatic carbocycles. The predicted octanol–water partition coefficient (Wildman–Crippen LogP) is 6.20. The van der Waals surface area contributed by atoms with Gasteiger partial charge in [0.05, 0.1) is 20.8 Å². The van der Waals surface area contributed by atoms with Crippen LogP contribution in [0.25, 0.3) is 10.5 Å². The summed E-state index contributed by atoms with van der Waals surface area (Å²) in [7, 11) is 0. The molecular weight excluding hydrogens is 539 g/mol. The standard InChI is InChI=1S/C27H17F4N3S3/c1-12-13(2)26(27-35-18-5-3-4-6-19(18)36-27)37-25(12)14-7-8-17(34-11-14)15(9-32)20-23(30)21(28)16(10-33)22(29)24(20)31/h3-8,11,21,23,26-27H,1-2H3/b17-15+,25-14+. The van der Waals surface area contributed by atoms with Gasteiger partial charge in [-0.05, 0) is 37.6 Å². The molecule has 1 aromatic carbocycles. The van der Waals surface area contributed by atoms with Gasteiger partial charge >= 0.3 is 0 Å². The van der Waals surface area contributed by atoms with E-state index in [9.17, 15) is 22.8 Å². The minimum absolute atomic E-state index is 0.115. The zero-order chi connectivity index (χ0) is 26.4. The number of fused-ring (bicyclic) bond motifs is 1. The SMILES string of the molecule is CC1=C(C)C(C2Sc3ccccc3S2)S/C1=c1\cc/c(=C(/C#N)C2=C(F)C(F)=C(C#N)C(F)C2F)nc1. The van der Waals surface area contributed by atoms with Gasteiger partial charge in [0.15, 0.2) is 24.0 Å². The number of nitriles is 2. The van der Waals surface area contributed by atoms with E-state index in [0.29, 0.717) is 4.58 Å². The van der Waals surface area contributed by atoms with Crippen LogP contribution in [-0.2, 0) is 0 Å². The number of allylic oxidation sites excluding steroid dienone is 4. The average molecular weight is 556 g/mol. The minimum atomic E-state index is -2.71. The van der Waals surface area contributed by atoms with E-state index in [4.69, 9.17) is 5.26 Å². The molecule has 37 heavy (non-hydrogen) atoms. The van der Waals surface area contributed by atoms with E-state index in [1.54, 1.807) is 23.9 Å². The summed E-state index contributed by atoms with van der Waals surface area (Å²) < 4.78 is 58.1. The number of rotatable bonds is 2. The van der Waals surface area contributed by atoms with Gasteiger partial charge in [0.25, 0.3) is 0 Å². The van der Waals surface area contributed by atoms with Crippen LogP contribution in [-0.4, -0.2) is 27.2 Å². The molecule has 0 fully saturated rings. The summed E-state index contributed by atoms with van der Waals surface area (Å²) in [5.41, 5.74) is -0.583. The van der Waals surface area contributed by atoms with Crippen molar-refractivity contribution in [1.82, 2.24) is 4.98 Å². The van der Waals surface area contributed by atoms with E-state index in [0.717, 1.165) is 21.8 Å². The molecule has 10 heteroatoms. The predicted molar refractivity (Wildman–Crippen MR) is 139 cm³/mol. The number of pyridine rings is 1. The third-order valence-electron chi connectivity index (χ3n) is 6.44. The van der Waals surface area contributed by atoms with Crippen molar-refractivity contribution in [2.24, 2.45) is 0 Å². The van der Waals surface area contributed by atoms with E-state index in [-0.39, 0.29) is 10.6 Å². The maximum Gasteiger partial charge on any atom is 0.176 e. The van der Waals surface area contributed by atoms with Gasteiger partial charge < -0.3 is 0 Å². The minimum Gasteiger partial charge on any atom is -0.255 e. The lowest BCUT2D eigenvalue weighted by atomic mass is 9.89. The van der Waals surface area contributed by atoms with Gasteiger partial charge in [0, 0.05) is 31.7 Å². The summed E-state index contributed by atoms with van der Waals surface area (Å²) in [6, 6.07) is 14.2. The molecule has 0 saturated heterocycles. The zero-order valence-corrected chi connectivity index (χ0v) is 21.9. The highest BCUT2D eigenvalue weighted by molar-refractivity contribution is 8.21. The van der Waals surface area contributed by atoms with Gasteiger partial charge in [-0.25, -0.2) is 17.6 Å². The highest BCUT2D eigenvalue weighted by Crippen LogP contribution is 2.56. The summed E-state index contributed by atoms with van der Waals surface area (Å²) in [4.78, 5) is 7.77. The first-order chi connectivity index (χ1) is 17.8. The second-order valence-electron chi connectivity index (χ2n) is 8.52. The summed E-state index contributed by atoms with van der Waals surface area (Å²) in [5, 5.41) is 19.3. The van der Waals surface area contributed by atoms with Crippen LogP contribution in [0.1, 0.15) is 13.8 Å². The lowest BCUT2D eigenvalue weighted by molar-refractivity contribution is 0.220. The number of nitrogens with zero attached hydrogens (tertiary/aromatic N) is 3. The molecule has 0 bridgehead atoms. The molecule has 3 heterocycles. The van der Waals surface area contributed by atoms with Crippen LogP contribution in [0.15, 0.2) is 86.3 Å². The van der Waals surface area contributed by atoms with Crippen LogP contribution in [0.5, 0.6) is 0 Å². The highest BCUT2D eigenvalue weighted by atomic mass is 32.2. The number of benzene rings is 1. The fourth-order valence-electron chi connectivity index (χ4n) is 4.34. The number of hydrogen-bond acceptors (Lipinski definition) is 6. The molecule has 3 nitrogen and oxygen atoms in total. The molecule has 1 aromatic heterocycles. The average Bonchev–Trinajstić information content (AvgIpc) is 3.47. The zero-order valence-electron chi connectivity index (χ0n) is 19.4.